The predicted octanol–water partition coefficient (Wildman–Crippen LogP) is 0.0306. The monoisotopic (exact) mass is 268 g/mol. The van der Waals surface area contributed by atoms with Gasteiger partial charge in [0.05, 0.1) is 0 Å². The Morgan fingerprint density at radius 1 is 1.56 bits per heavy atom. The van der Waals surface area contributed by atoms with Crippen molar-refractivity contribution >= 4 is 22.0 Å². The van der Waals surface area contributed by atoms with Crippen molar-refractivity contribution in [2.45, 2.75) is 24.5 Å². The van der Waals surface area contributed by atoms with Gasteiger partial charge in [-0.25, -0.2) is 4.72 Å². The fourth-order valence-electron chi connectivity index (χ4n) is 1.53. The second-order valence-electron chi connectivity index (χ2n) is 3.89. The molecule has 0 saturated carbocycles. The van der Waals surface area contributed by atoms with Crippen LogP contribution >= 0.6 is 11.8 Å². The van der Waals surface area contributed by atoms with Crippen LogP contribution in [0.4, 0.5) is 0 Å². The summed E-state index contributed by atoms with van der Waals surface area (Å²) in [4.78, 5) is 0. The maximum absolute atomic E-state index is 11.7. The predicted molar refractivity (Wildman–Crippen MR) is 66.7 cm³/mol. The fraction of sp³-hybridized carbons (Fsp3) is 1.00. The highest BCUT2D eigenvalue weighted by molar-refractivity contribution is 8.00. The van der Waals surface area contributed by atoms with Crippen LogP contribution in [0.15, 0.2) is 0 Å². The summed E-state index contributed by atoms with van der Waals surface area (Å²) >= 11 is 1.83. The lowest BCUT2D eigenvalue weighted by Crippen LogP contribution is -2.41. The molecule has 0 spiro atoms. The van der Waals surface area contributed by atoms with Crippen LogP contribution in [0.2, 0.25) is 0 Å². The topological polar surface area (TPSA) is 69.6 Å². The Hall–Kier alpha value is 0.180. The molecule has 1 unspecified atom stereocenters. The molecule has 1 saturated heterocycles. The first kappa shape index (κ1) is 14.2. The SMILES string of the molecule is CN(CCCO)S(=O)(=O)NCC1CCCS1. The second kappa shape index (κ2) is 6.80. The molecule has 0 aliphatic carbocycles. The number of hydrogen-bond donors (Lipinski definition) is 2. The number of hydrogen-bond acceptors (Lipinski definition) is 4. The van der Waals surface area contributed by atoms with E-state index in [4.69, 9.17) is 5.11 Å². The van der Waals surface area contributed by atoms with Crippen LogP contribution in [0.5, 0.6) is 0 Å². The third-order valence-electron chi connectivity index (χ3n) is 2.56. The molecule has 0 aromatic rings. The molecule has 1 fully saturated rings. The van der Waals surface area contributed by atoms with E-state index in [-0.39, 0.29) is 6.61 Å². The molecule has 7 heteroatoms. The van der Waals surface area contributed by atoms with Crippen LogP contribution in [0.1, 0.15) is 19.3 Å². The largest absolute Gasteiger partial charge is 0.396 e. The van der Waals surface area contributed by atoms with Gasteiger partial charge in [0.1, 0.15) is 0 Å². The van der Waals surface area contributed by atoms with Crippen LogP contribution in [0.25, 0.3) is 0 Å². The van der Waals surface area contributed by atoms with Gasteiger partial charge in [-0.15, -0.1) is 0 Å². The van der Waals surface area contributed by atoms with Gasteiger partial charge in [-0.1, -0.05) is 0 Å². The molecule has 0 radical (unpaired) electrons. The van der Waals surface area contributed by atoms with Crippen molar-refractivity contribution < 1.29 is 13.5 Å². The maximum atomic E-state index is 11.7. The molecule has 96 valence electrons. The maximum Gasteiger partial charge on any atom is 0.279 e. The summed E-state index contributed by atoms with van der Waals surface area (Å²) in [5, 5.41) is 9.06. The summed E-state index contributed by atoms with van der Waals surface area (Å²) in [6.45, 7) is 0.873. The summed E-state index contributed by atoms with van der Waals surface area (Å²) in [6.07, 6.45) is 2.74. The highest BCUT2D eigenvalue weighted by Crippen LogP contribution is 2.25. The number of rotatable bonds is 7. The summed E-state index contributed by atoms with van der Waals surface area (Å²) in [5.74, 6) is 1.13. The molecule has 2 N–H and O–H groups in total. The average molecular weight is 268 g/mol. The van der Waals surface area contributed by atoms with Crippen LogP contribution in [0.3, 0.4) is 0 Å². The Morgan fingerprint density at radius 2 is 2.31 bits per heavy atom. The van der Waals surface area contributed by atoms with Gasteiger partial charge in [0.15, 0.2) is 0 Å². The van der Waals surface area contributed by atoms with E-state index in [2.05, 4.69) is 4.72 Å². The fourth-order valence-corrected chi connectivity index (χ4v) is 3.84. The van der Waals surface area contributed by atoms with Crippen LogP contribution in [0, 0.1) is 0 Å². The summed E-state index contributed by atoms with van der Waals surface area (Å²) < 4.78 is 27.3. The quantitative estimate of drug-likeness (QED) is 0.683. The van der Waals surface area contributed by atoms with Crippen molar-refractivity contribution in [1.82, 2.24) is 9.03 Å². The van der Waals surface area contributed by atoms with Crippen molar-refractivity contribution in [3.8, 4) is 0 Å². The van der Waals surface area contributed by atoms with E-state index < -0.39 is 10.2 Å². The first-order valence-electron chi connectivity index (χ1n) is 5.49. The molecule has 16 heavy (non-hydrogen) atoms. The van der Waals surface area contributed by atoms with E-state index in [0.717, 1.165) is 12.2 Å². The average Bonchev–Trinajstić information content (AvgIpc) is 2.76. The summed E-state index contributed by atoms with van der Waals surface area (Å²) in [7, 11) is -1.83. The molecule has 1 aliphatic heterocycles. The minimum atomic E-state index is -3.36. The van der Waals surface area contributed by atoms with Gasteiger partial charge in [0.25, 0.3) is 10.2 Å². The molecule has 1 atom stereocenters. The molecule has 0 bridgehead atoms. The van der Waals surface area contributed by atoms with Gasteiger partial charge in [0, 0.05) is 32.0 Å². The van der Waals surface area contributed by atoms with Gasteiger partial charge in [-0.2, -0.15) is 24.5 Å². The first-order valence-corrected chi connectivity index (χ1v) is 7.98. The van der Waals surface area contributed by atoms with Crippen LogP contribution in [-0.4, -0.2) is 55.6 Å². The minimum Gasteiger partial charge on any atom is -0.396 e. The Kier molecular flexibility index (Phi) is 6.06. The standard InChI is InChI=1S/C9H20N2O3S2/c1-11(5-3-6-12)16(13,14)10-8-9-4-2-7-15-9/h9-10,12H,2-8H2,1H3. The van der Waals surface area contributed by atoms with Crippen molar-refractivity contribution in [2.75, 3.05) is 32.5 Å². The molecule has 1 rings (SSSR count). The minimum absolute atomic E-state index is 0.0122. The molecule has 0 aromatic heterocycles. The number of nitrogens with one attached hydrogen (secondary N) is 1. The first-order chi connectivity index (χ1) is 7.56. The van der Waals surface area contributed by atoms with Gasteiger partial charge in [-0.05, 0) is 25.0 Å². The van der Waals surface area contributed by atoms with E-state index in [1.165, 1.54) is 17.8 Å². The van der Waals surface area contributed by atoms with E-state index in [9.17, 15) is 8.42 Å². The Bertz CT molecular complexity index is 289. The third kappa shape index (κ3) is 4.58. The number of aliphatic hydroxyl groups is 1. The van der Waals surface area contributed by atoms with Gasteiger partial charge in [0.2, 0.25) is 0 Å². The number of thioether (sulfide) groups is 1. The van der Waals surface area contributed by atoms with Crippen LogP contribution in [-0.2, 0) is 10.2 Å². The smallest absolute Gasteiger partial charge is 0.279 e. The van der Waals surface area contributed by atoms with E-state index in [1.54, 1.807) is 0 Å². The van der Waals surface area contributed by atoms with Crippen molar-refractivity contribution in [1.29, 1.82) is 0 Å². The normalized spacial score (nSPS) is 21.8. The highest BCUT2D eigenvalue weighted by atomic mass is 32.2. The third-order valence-corrected chi connectivity index (χ3v) is 5.49. The Balaban J connectivity index is 2.32. The molecule has 1 heterocycles. The highest BCUT2D eigenvalue weighted by Gasteiger charge is 2.21. The number of aliphatic hydroxyl groups excluding tert-OH is 1. The molecular weight excluding hydrogens is 248 g/mol. The van der Waals surface area contributed by atoms with Crippen molar-refractivity contribution in [2.24, 2.45) is 0 Å². The molecule has 5 nitrogen and oxygen atoms in total. The summed E-state index contributed by atoms with van der Waals surface area (Å²) in [6, 6.07) is 0. The molecule has 0 aromatic carbocycles. The van der Waals surface area contributed by atoms with Gasteiger partial charge >= 0.3 is 0 Å². The lowest BCUT2D eigenvalue weighted by molar-refractivity contribution is 0.275. The zero-order chi connectivity index (χ0) is 12.0. The van der Waals surface area contributed by atoms with Gasteiger partial charge in [-0.3, -0.25) is 0 Å². The van der Waals surface area contributed by atoms with Crippen molar-refractivity contribution in [3.05, 3.63) is 0 Å². The van der Waals surface area contributed by atoms with Gasteiger partial charge < -0.3 is 5.11 Å². The van der Waals surface area contributed by atoms with E-state index in [1.807, 2.05) is 11.8 Å². The molecule has 1 aliphatic rings. The zero-order valence-electron chi connectivity index (χ0n) is 9.55. The Morgan fingerprint density at radius 3 is 2.88 bits per heavy atom. The number of nitrogens with zero attached hydrogens (tertiary/aromatic N) is 1. The Labute approximate surface area is 102 Å². The van der Waals surface area contributed by atoms with E-state index in [0.29, 0.717) is 24.8 Å². The lowest BCUT2D eigenvalue weighted by atomic mass is 10.2. The molecular formula is C9H20N2O3S2. The van der Waals surface area contributed by atoms with E-state index >= 15 is 0 Å². The molecule has 0 amide bonds. The zero-order valence-corrected chi connectivity index (χ0v) is 11.2. The second-order valence-corrected chi connectivity index (χ2v) is 7.16. The van der Waals surface area contributed by atoms with Crippen molar-refractivity contribution in [3.63, 3.8) is 0 Å². The lowest BCUT2D eigenvalue weighted by Gasteiger charge is -2.18. The summed E-state index contributed by atoms with van der Waals surface area (Å²) in [5.41, 5.74) is 0. The van der Waals surface area contributed by atoms with Crippen LogP contribution < -0.4 is 4.72 Å².